The number of aromatic nitrogens is 2. The molecule has 0 aliphatic carbocycles. The van der Waals surface area contributed by atoms with E-state index in [1.165, 1.54) is 0 Å². The number of ether oxygens (including phenoxy) is 3. The molecule has 0 fully saturated rings. The highest BCUT2D eigenvalue weighted by atomic mass is 35.5. The van der Waals surface area contributed by atoms with Crippen LogP contribution >= 0.6 is 11.6 Å². The fraction of sp³-hybridized carbons (Fsp3) is 0.280. The standard InChI is InChI=1S/C25H25ClN4O3/c1-3-8-19-22-21(17(13-27)24(28)33-25(22)30-29-19)16-10-7-12-20(31-4-2)23(16)32-14-15-9-5-6-11-18(15)26/h5-7,9-12,21H,3-4,8,14,28H2,1-2H3,(H,29,30)/t21-/m1/s1. The first-order valence-electron chi connectivity index (χ1n) is 10.9. The average molecular weight is 465 g/mol. The smallest absolute Gasteiger partial charge is 0.244 e. The summed E-state index contributed by atoms with van der Waals surface area (Å²) in [5.41, 5.74) is 9.72. The summed E-state index contributed by atoms with van der Waals surface area (Å²) < 4.78 is 17.9. The topological polar surface area (TPSA) is 106 Å². The highest BCUT2D eigenvalue weighted by Crippen LogP contribution is 2.48. The highest BCUT2D eigenvalue weighted by Gasteiger charge is 2.37. The molecule has 0 bridgehead atoms. The van der Waals surface area contributed by atoms with Crippen LogP contribution in [0.4, 0.5) is 0 Å². The van der Waals surface area contributed by atoms with Crippen molar-refractivity contribution in [1.82, 2.24) is 10.2 Å². The largest absolute Gasteiger partial charge is 0.490 e. The molecule has 1 aliphatic rings. The molecule has 1 atom stereocenters. The van der Waals surface area contributed by atoms with Crippen LogP contribution in [-0.2, 0) is 13.0 Å². The number of allylic oxidation sites excluding steroid dienone is 1. The van der Waals surface area contributed by atoms with Gasteiger partial charge in [-0.05, 0) is 25.5 Å². The van der Waals surface area contributed by atoms with Crippen molar-refractivity contribution in [3.05, 3.63) is 81.3 Å². The minimum absolute atomic E-state index is 0.0309. The fourth-order valence-corrected chi connectivity index (χ4v) is 4.20. The summed E-state index contributed by atoms with van der Waals surface area (Å²) in [5, 5.41) is 18.0. The van der Waals surface area contributed by atoms with Crippen molar-refractivity contribution in [3.63, 3.8) is 0 Å². The van der Waals surface area contributed by atoms with Crippen LogP contribution in [0.1, 0.15) is 48.6 Å². The third kappa shape index (κ3) is 4.35. The maximum atomic E-state index is 10.00. The second kappa shape index (κ2) is 9.88. The van der Waals surface area contributed by atoms with Gasteiger partial charge in [-0.3, -0.25) is 5.10 Å². The van der Waals surface area contributed by atoms with Crippen LogP contribution in [-0.4, -0.2) is 16.8 Å². The number of hydrogen-bond acceptors (Lipinski definition) is 6. The first-order chi connectivity index (χ1) is 16.1. The van der Waals surface area contributed by atoms with Gasteiger partial charge in [-0.25, -0.2) is 0 Å². The Morgan fingerprint density at radius 3 is 2.73 bits per heavy atom. The molecule has 2 heterocycles. The summed E-state index contributed by atoms with van der Waals surface area (Å²) in [5.74, 6) is 0.996. The molecule has 33 heavy (non-hydrogen) atoms. The molecule has 0 amide bonds. The van der Waals surface area contributed by atoms with Crippen molar-refractivity contribution >= 4 is 11.6 Å². The van der Waals surface area contributed by atoms with Crippen molar-refractivity contribution in [1.29, 1.82) is 5.26 Å². The Hall–Kier alpha value is -3.63. The molecule has 3 N–H and O–H groups in total. The number of nitrogens with one attached hydrogen (secondary N) is 1. The Kier molecular flexibility index (Phi) is 6.76. The predicted octanol–water partition coefficient (Wildman–Crippen LogP) is 5.21. The van der Waals surface area contributed by atoms with Crippen LogP contribution in [0, 0.1) is 11.3 Å². The van der Waals surface area contributed by atoms with Crippen LogP contribution < -0.4 is 19.9 Å². The van der Waals surface area contributed by atoms with Gasteiger partial charge in [0.15, 0.2) is 11.5 Å². The molecule has 7 nitrogen and oxygen atoms in total. The number of nitriles is 1. The van der Waals surface area contributed by atoms with Crippen molar-refractivity contribution in [3.8, 4) is 23.4 Å². The Morgan fingerprint density at radius 1 is 1.18 bits per heavy atom. The fourth-order valence-electron chi connectivity index (χ4n) is 4.01. The second-order valence-corrected chi connectivity index (χ2v) is 7.99. The van der Waals surface area contributed by atoms with Crippen LogP contribution in [0.2, 0.25) is 5.02 Å². The SMILES string of the molecule is CCCc1[nH]nc2c1[C@H](c1cccc(OCC)c1OCc1ccccc1Cl)C(C#N)=C(N)O2. The molecule has 170 valence electrons. The molecule has 4 rings (SSSR count). The van der Waals surface area contributed by atoms with Gasteiger partial charge in [0.1, 0.15) is 18.2 Å². The van der Waals surface area contributed by atoms with E-state index < -0.39 is 5.92 Å². The van der Waals surface area contributed by atoms with Gasteiger partial charge in [-0.2, -0.15) is 5.26 Å². The molecule has 0 spiro atoms. The predicted molar refractivity (Wildman–Crippen MR) is 125 cm³/mol. The van der Waals surface area contributed by atoms with E-state index in [-0.39, 0.29) is 12.5 Å². The number of rotatable bonds is 8. The van der Waals surface area contributed by atoms with E-state index in [2.05, 4.69) is 23.2 Å². The zero-order valence-electron chi connectivity index (χ0n) is 18.5. The number of aromatic amines is 1. The van der Waals surface area contributed by atoms with Crippen molar-refractivity contribution in [2.75, 3.05) is 6.61 Å². The van der Waals surface area contributed by atoms with Gasteiger partial charge in [-0.15, -0.1) is 5.10 Å². The molecule has 0 saturated carbocycles. The summed E-state index contributed by atoms with van der Waals surface area (Å²) in [7, 11) is 0. The number of nitrogens with two attached hydrogens (primary N) is 1. The second-order valence-electron chi connectivity index (χ2n) is 7.58. The number of nitrogens with zero attached hydrogens (tertiary/aromatic N) is 2. The highest BCUT2D eigenvalue weighted by molar-refractivity contribution is 6.31. The Balaban J connectivity index is 1.86. The Bertz CT molecular complexity index is 1230. The van der Waals surface area contributed by atoms with E-state index in [0.717, 1.165) is 35.2 Å². The molecule has 1 aliphatic heterocycles. The number of para-hydroxylation sites is 1. The van der Waals surface area contributed by atoms with E-state index in [0.29, 0.717) is 34.6 Å². The number of benzene rings is 2. The normalized spacial score (nSPS) is 14.9. The zero-order chi connectivity index (χ0) is 23.4. The first-order valence-corrected chi connectivity index (χ1v) is 11.2. The summed E-state index contributed by atoms with van der Waals surface area (Å²) in [6.07, 6.45) is 1.65. The third-order valence-corrected chi connectivity index (χ3v) is 5.84. The molecule has 0 saturated heterocycles. The Morgan fingerprint density at radius 2 is 2.00 bits per heavy atom. The molecule has 0 radical (unpaired) electrons. The van der Waals surface area contributed by atoms with Gasteiger partial charge in [0.05, 0.1) is 18.1 Å². The molecule has 2 aromatic carbocycles. The van der Waals surface area contributed by atoms with Gasteiger partial charge in [-0.1, -0.05) is 55.3 Å². The number of hydrogen-bond donors (Lipinski definition) is 2. The monoisotopic (exact) mass is 464 g/mol. The van der Waals surface area contributed by atoms with E-state index in [1.54, 1.807) is 0 Å². The maximum absolute atomic E-state index is 10.00. The lowest BCUT2D eigenvalue weighted by atomic mass is 9.83. The lowest BCUT2D eigenvalue weighted by molar-refractivity contribution is 0.266. The van der Waals surface area contributed by atoms with Gasteiger partial charge >= 0.3 is 0 Å². The van der Waals surface area contributed by atoms with Crippen molar-refractivity contribution in [2.45, 2.75) is 39.2 Å². The first kappa shape index (κ1) is 22.6. The number of halogens is 1. The summed E-state index contributed by atoms with van der Waals surface area (Å²) in [4.78, 5) is 0. The minimum atomic E-state index is -0.513. The van der Waals surface area contributed by atoms with Gasteiger partial charge in [0.2, 0.25) is 11.8 Å². The summed E-state index contributed by atoms with van der Waals surface area (Å²) in [6.45, 7) is 4.68. The van der Waals surface area contributed by atoms with E-state index in [1.807, 2.05) is 49.4 Å². The molecule has 0 unspecified atom stereocenters. The number of H-pyrrole nitrogens is 1. The average Bonchev–Trinajstić information content (AvgIpc) is 3.20. The Labute approximate surface area is 197 Å². The third-order valence-electron chi connectivity index (χ3n) is 5.47. The molecule has 3 aromatic rings. The zero-order valence-corrected chi connectivity index (χ0v) is 19.3. The van der Waals surface area contributed by atoms with E-state index >= 15 is 0 Å². The molecule has 1 aromatic heterocycles. The van der Waals surface area contributed by atoms with Crippen LogP contribution in [0.5, 0.6) is 17.4 Å². The summed E-state index contributed by atoms with van der Waals surface area (Å²) >= 11 is 6.35. The number of aryl methyl sites for hydroxylation is 1. The summed E-state index contributed by atoms with van der Waals surface area (Å²) in [6, 6.07) is 15.4. The van der Waals surface area contributed by atoms with Crippen molar-refractivity contribution < 1.29 is 14.2 Å². The van der Waals surface area contributed by atoms with E-state index in [4.69, 9.17) is 31.5 Å². The number of fused-ring (bicyclic) bond motifs is 1. The maximum Gasteiger partial charge on any atom is 0.244 e. The van der Waals surface area contributed by atoms with Gasteiger partial charge in [0, 0.05) is 21.8 Å². The molecular formula is C25H25ClN4O3. The molecule has 8 heteroatoms. The van der Waals surface area contributed by atoms with Crippen LogP contribution in [0.15, 0.2) is 53.9 Å². The molecular weight excluding hydrogens is 440 g/mol. The van der Waals surface area contributed by atoms with Crippen LogP contribution in [0.25, 0.3) is 0 Å². The quantitative estimate of drug-likeness (QED) is 0.473. The van der Waals surface area contributed by atoms with Crippen molar-refractivity contribution in [2.24, 2.45) is 5.73 Å². The lowest BCUT2D eigenvalue weighted by Gasteiger charge is -2.26. The van der Waals surface area contributed by atoms with Gasteiger partial charge < -0.3 is 19.9 Å². The lowest BCUT2D eigenvalue weighted by Crippen LogP contribution is -2.22. The van der Waals surface area contributed by atoms with Crippen LogP contribution in [0.3, 0.4) is 0 Å². The van der Waals surface area contributed by atoms with Gasteiger partial charge in [0.25, 0.3) is 0 Å². The minimum Gasteiger partial charge on any atom is -0.490 e. The van der Waals surface area contributed by atoms with E-state index in [9.17, 15) is 5.26 Å².